The number of allylic oxidation sites excluding steroid dienone is 11. The minimum atomic E-state index is -0.820. The van der Waals surface area contributed by atoms with Crippen LogP contribution in [0.4, 0.5) is 0 Å². The van der Waals surface area contributed by atoms with Gasteiger partial charge in [0.25, 0.3) is 0 Å². The molecule has 0 spiro atoms. The summed E-state index contributed by atoms with van der Waals surface area (Å²) >= 11 is 0. The van der Waals surface area contributed by atoms with Gasteiger partial charge in [0.2, 0.25) is 5.91 Å². The second-order valence-electron chi connectivity index (χ2n) is 18.3. The summed E-state index contributed by atoms with van der Waals surface area (Å²) < 4.78 is 5.84. The van der Waals surface area contributed by atoms with Gasteiger partial charge in [-0.1, -0.05) is 261 Å². The molecule has 0 aromatic heterocycles. The van der Waals surface area contributed by atoms with Crippen molar-refractivity contribution in [3.8, 4) is 0 Å². The van der Waals surface area contributed by atoms with Gasteiger partial charge in [0, 0.05) is 6.42 Å². The van der Waals surface area contributed by atoms with E-state index in [1.165, 1.54) is 141 Å². The molecule has 0 radical (unpaired) electrons. The molecule has 3 N–H and O–H groups in total. The number of aliphatic hydroxyl groups excluding tert-OH is 2. The largest absolute Gasteiger partial charge is 0.458 e. The van der Waals surface area contributed by atoms with Gasteiger partial charge in [0.1, 0.15) is 6.10 Å². The van der Waals surface area contributed by atoms with Crippen molar-refractivity contribution in [3.05, 3.63) is 72.9 Å². The van der Waals surface area contributed by atoms with Crippen molar-refractivity contribution in [3.63, 3.8) is 0 Å². The monoisotopic (exact) mass is 894 g/mol. The Balaban J connectivity index is 4.70. The average Bonchev–Trinajstić information content (AvgIpc) is 3.29. The quantitative estimate of drug-likeness (QED) is 0.0321. The van der Waals surface area contributed by atoms with Crippen LogP contribution in [0.25, 0.3) is 0 Å². The highest BCUT2D eigenvalue weighted by Crippen LogP contribution is 2.17. The van der Waals surface area contributed by atoms with Gasteiger partial charge in [0.05, 0.1) is 25.2 Å². The molecule has 0 aliphatic carbocycles. The second kappa shape index (κ2) is 51.3. The highest BCUT2D eigenvalue weighted by atomic mass is 16.5. The van der Waals surface area contributed by atoms with E-state index in [9.17, 15) is 19.8 Å². The molecule has 3 atom stereocenters. The van der Waals surface area contributed by atoms with E-state index in [-0.39, 0.29) is 24.9 Å². The zero-order chi connectivity index (χ0) is 46.7. The maximum Gasteiger partial charge on any atom is 0.306 e. The first kappa shape index (κ1) is 61.3. The summed E-state index contributed by atoms with van der Waals surface area (Å²) in [6.07, 6.45) is 65.7. The van der Waals surface area contributed by atoms with Crippen LogP contribution in [0.1, 0.15) is 258 Å². The summed E-state index contributed by atoms with van der Waals surface area (Å²) in [5.74, 6) is -0.625. The summed E-state index contributed by atoms with van der Waals surface area (Å²) in [7, 11) is 0. The number of carbonyl (C=O) groups excluding carboxylic acids is 2. The Hall–Kier alpha value is -2.70. The minimum Gasteiger partial charge on any atom is -0.458 e. The van der Waals surface area contributed by atoms with Gasteiger partial charge in [0.15, 0.2) is 0 Å². The molecular weight excluding hydrogens is 791 g/mol. The highest BCUT2D eigenvalue weighted by Gasteiger charge is 2.23. The molecule has 0 aromatic rings. The number of carbonyl (C=O) groups is 2. The van der Waals surface area contributed by atoms with Crippen molar-refractivity contribution in [2.75, 3.05) is 6.61 Å². The number of esters is 1. The fraction of sp³-hybridized carbons (Fsp3) is 0.759. The van der Waals surface area contributed by atoms with E-state index in [1.807, 2.05) is 6.08 Å². The standard InChI is InChI=1S/C58H103NO5/c1-4-7-10-13-16-19-22-24-26-28-30-32-34-36-39-42-45-48-51-58(63)64-54(49-46-43-40-37-35-33-31-29-27-25-23-20-17-14-11-8-5-2)52-57(62)59-55(53-60)56(61)50-47-44-41-38-21-18-15-12-9-6-3/h8,11,17,20,25,27,31,33,37,40,46,49,54-56,60-61H,4-7,9-10,12-16,18-19,21-24,26,28-30,32,34-36,38-39,41-45,47-48,50-53H2,1-3H3,(H,59,62)/b11-8-,20-17-,27-25-,33-31-,40-37-,49-46-. The number of rotatable bonds is 48. The maximum atomic E-state index is 13.2. The number of hydrogen-bond donors (Lipinski definition) is 3. The third kappa shape index (κ3) is 45.9. The van der Waals surface area contributed by atoms with E-state index in [0.717, 1.165) is 70.6 Å². The Morgan fingerprint density at radius 2 is 0.812 bits per heavy atom. The number of nitrogens with one attached hydrogen (secondary N) is 1. The number of amides is 1. The van der Waals surface area contributed by atoms with Crippen LogP contribution in [0.3, 0.4) is 0 Å². The summed E-state index contributed by atoms with van der Waals surface area (Å²) in [6, 6.07) is -0.743. The van der Waals surface area contributed by atoms with Crippen LogP contribution in [0, 0.1) is 0 Å². The summed E-state index contributed by atoms with van der Waals surface area (Å²) in [5.41, 5.74) is 0. The second-order valence-corrected chi connectivity index (χ2v) is 18.3. The molecule has 0 aromatic carbocycles. The lowest BCUT2D eigenvalue weighted by atomic mass is 10.0. The fourth-order valence-electron chi connectivity index (χ4n) is 7.96. The zero-order valence-corrected chi connectivity index (χ0v) is 42.1. The molecular formula is C58H103NO5. The molecule has 6 nitrogen and oxygen atoms in total. The van der Waals surface area contributed by atoms with Crippen LogP contribution < -0.4 is 5.32 Å². The molecule has 0 heterocycles. The first-order valence-electron chi connectivity index (χ1n) is 27.2. The molecule has 6 heteroatoms. The van der Waals surface area contributed by atoms with Crippen molar-refractivity contribution in [1.29, 1.82) is 0 Å². The van der Waals surface area contributed by atoms with Crippen molar-refractivity contribution >= 4 is 11.9 Å². The minimum absolute atomic E-state index is 0.0471. The molecule has 0 aliphatic rings. The Morgan fingerprint density at radius 1 is 0.469 bits per heavy atom. The van der Waals surface area contributed by atoms with Crippen molar-refractivity contribution < 1.29 is 24.5 Å². The lowest BCUT2D eigenvalue weighted by molar-refractivity contribution is -0.148. The van der Waals surface area contributed by atoms with Crippen LogP contribution in [0.5, 0.6) is 0 Å². The molecule has 0 rings (SSSR count). The third-order valence-corrected chi connectivity index (χ3v) is 12.0. The first-order valence-corrected chi connectivity index (χ1v) is 27.2. The molecule has 0 aliphatic heterocycles. The molecule has 64 heavy (non-hydrogen) atoms. The van der Waals surface area contributed by atoms with E-state index < -0.39 is 18.2 Å². The van der Waals surface area contributed by atoms with Gasteiger partial charge in [-0.2, -0.15) is 0 Å². The number of unbranched alkanes of at least 4 members (excludes halogenated alkanes) is 26. The lowest BCUT2D eigenvalue weighted by Gasteiger charge is -2.23. The van der Waals surface area contributed by atoms with Gasteiger partial charge in [-0.3, -0.25) is 9.59 Å². The van der Waals surface area contributed by atoms with Crippen molar-refractivity contribution in [2.24, 2.45) is 0 Å². The Labute approximate surface area is 396 Å². The average molecular weight is 894 g/mol. The van der Waals surface area contributed by atoms with Gasteiger partial charge in [-0.05, 0) is 57.4 Å². The molecule has 3 unspecified atom stereocenters. The Bertz CT molecular complexity index is 1190. The van der Waals surface area contributed by atoms with Crippen LogP contribution in [-0.2, 0) is 14.3 Å². The molecule has 0 saturated carbocycles. The van der Waals surface area contributed by atoms with Gasteiger partial charge in [-0.15, -0.1) is 0 Å². The van der Waals surface area contributed by atoms with E-state index in [4.69, 9.17) is 4.74 Å². The van der Waals surface area contributed by atoms with Crippen LogP contribution in [0.15, 0.2) is 72.9 Å². The predicted molar refractivity (Wildman–Crippen MR) is 278 cm³/mol. The highest BCUT2D eigenvalue weighted by molar-refractivity contribution is 5.78. The molecule has 0 saturated heterocycles. The summed E-state index contributed by atoms with van der Waals surface area (Å²) in [6.45, 7) is 6.33. The zero-order valence-electron chi connectivity index (χ0n) is 42.1. The molecule has 370 valence electrons. The third-order valence-electron chi connectivity index (χ3n) is 12.0. The molecule has 1 amide bonds. The van der Waals surface area contributed by atoms with Gasteiger partial charge < -0.3 is 20.3 Å². The number of hydrogen-bond acceptors (Lipinski definition) is 5. The van der Waals surface area contributed by atoms with E-state index in [1.54, 1.807) is 6.08 Å². The lowest BCUT2D eigenvalue weighted by Crippen LogP contribution is -2.46. The number of aliphatic hydroxyl groups is 2. The predicted octanol–water partition coefficient (Wildman–Crippen LogP) is 16.6. The van der Waals surface area contributed by atoms with Crippen LogP contribution >= 0.6 is 0 Å². The van der Waals surface area contributed by atoms with E-state index >= 15 is 0 Å². The summed E-state index contributed by atoms with van der Waals surface area (Å²) in [5, 5.41) is 23.7. The van der Waals surface area contributed by atoms with Gasteiger partial charge in [-0.25, -0.2) is 0 Å². The molecule has 0 fully saturated rings. The smallest absolute Gasteiger partial charge is 0.306 e. The van der Waals surface area contributed by atoms with Crippen LogP contribution in [0.2, 0.25) is 0 Å². The SMILES string of the molecule is CC/C=C\C/C=C\C/C=C\C/C=C\C/C=C\C/C=C\C(CC(=O)NC(CO)C(O)CCCCCCCCCCCC)OC(=O)CCCCCCCCCCCCCCCCCCCC. The van der Waals surface area contributed by atoms with E-state index in [0.29, 0.717) is 19.3 Å². The van der Waals surface area contributed by atoms with Crippen molar-refractivity contribution in [1.82, 2.24) is 5.32 Å². The topological polar surface area (TPSA) is 95.9 Å². The maximum absolute atomic E-state index is 13.2. The fourth-order valence-corrected chi connectivity index (χ4v) is 7.96. The normalized spacial score (nSPS) is 13.8. The van der Waals surface area contributed by atoms with Crippen molar-refractivity contribution in [2.45, 2.75) is 277 Å². The molecule has 0 bridgehead atoms. The van der Waals surface area contributed by atoms with Crippen LogP contribution in [-0.4, -0.2) is 46.9 Å². The Kier molecular flexibility index (Phi) is 49.1. The van der Waals surface area contributed by atoms with Gasteiger partial charge >= 0.3 is 5.97 Å². The Morgan fingerprint density at radius 3 is 1.19 bits per heavy atom. The first-order chi connectivity index (χ1) is 31.5. The summed E-state index contributed by atoms with van der Waals surface area (Å²) in [4.78, 5) is 26.1. The number of ether oxygens (including phenoxy) is 1. The van der Waals surface area contributed by atoms with E-state index in [2.05, 4.69) is 86.8 Å².